The molecule has 1 aliphatic rings. The number of carbonyl (C=O) groups excluding carboxylic acids is 1. The first-order valence-electron chi connectivity index (χ1n) is 10.7. The number of para-hydroxylation sites is 1. The van der Waals surface area contributed by atoms with Gasteiger partial charge in [-0.05, 0) is 51.0 Å². The number of hydrogen-bond acceptors (Lipinski definition) is 5. The van der Waals surface area contributed by atoms with Gasteiger partial charge in [0.2, 0.25) is 10.0 Å². The van der Waals surface area contributed by atoms with E-state index in [1.807, 2.05) is 36.6 Å². The van der Waals surface area contributed by atoms with Crippen LogP contribution in [0.3, 0.4) is 0 Å². The van der Waals surface area contributed by atoms with Crippen LogP contribution in [0, 0.1) is 12.8 Å². The Morgan fingerprint density at radius 1 is 1.22 bits per heavy atom. The third-order valence-electron chi connectivity index (χ3n) is 5.80. The fourth-order valence-corrected chi connectivity index (χ4v) is 6.69. The molecule has 4 rings (SSSR count). The number of fused-ring (bicyclic) bond motifs is 1. The predicted molar refractivity (Wildman–Crippen MR) is 125 cm³/mol. The molecular weight excluding hydrogens is 446 g/mol. The Morgan fingerprint density at radius 3 is 2.66 bits per heavy atom. The van der Waals surface area contributed by atoms with Crippen LogP contribution in [-0.2, 0) is 21.4 Å². The summed E-state index contributed by atoms with van der Waals surface area (Å²) in [4.78, 5) is 18.4. The molecule has 1 saturated heterocycles. The molecule has 1 amide bonds. The van der Waals surface area contributed by atoms with Crippen molar-refractivity contribution in [2.75, 3.05) is 20.2 Å². The Morgan fingerprint density at radius 2 is 1.97 bits per heavy atom. The number of nitrogens with zero attached hydrogens (tertiary/aromatic N) is 3. The lowest BCUT2D eigenvalue weighted by atomic mass is 9.99. The van der Waals surface area contributed by atoms with Crippen molar-refractivity contribution in [2.45, 2.75) is 38.1 Å². The molecule has 170 valence electrons. The molecule has 32 heavy (non-hydrogen) atoms. The van der Waals surface area contributed by atoms with E-state index < -0.39 is 15.9 Å². The highest BCUT2D eigenvalue weighted by Gasteiger charge is 2.33. The Kier molecular flexibility index (Phi) is 6.50. The minimum absolute atomic E-state index is 0.152. The first kappa shape index (κ1) is 22.7. The average molecular weight is 474 g/mol. The van der Waals surface area contributed by atoms with Crippen molar-refractivity contribution in [3.63, 3.8) is 0 Å². The van der Waals surface area contributed by atoms with Gasteiger partial charge in [-0.25, -0.2) is 8.42 Å². The number of sulfonamides is 1. The van der Waals surface area contributed by atoms with Gasteiger partial charge < -0.3 is 9.30 Å². The van der Waals surface area contributed by atoms with Crippen molar-refractivity contribution >= 4 is 37.5 Å². The fraction of sp³-hybridized carbons (Fsp3) is 0.391. The summed E-state index contributed by atoms with van der Waals surface area (Å²) in [5.41, 5.74) is 1.92. The molecule has 0 aliphatic carbocycles. The van der Waals surface area contributed by atoms with Crippen LogP contribution in [0.2, 0.25) is 0 Å². The maximum atomic E-state index is 13.1. The number of ether oxygens (including phenoxy) is 1. The van der Waals surface area contributed by atoms with Crippen LogP contribution in [0.25, 0.3) is 10.2 Å². The summed E-state index contributed by atoms with van der Waals surface area (Å²) in [5, 5.41) is 0. The molecule has 0 radical (unpaired) electrons. The number of aryl methyl sites for hydroxylation is 2. The number of hydrogen-bond donors (Lipinski definition) is 0. The molecule has 1 aromatic heterocycles. The predicted octanol–water partition coefficient (Wildman–Crippen LogP) is 3.57. The second-order valence-corrected chi connectivity index (χ2v) is 10.8. The lowest BCUT2D eigenvalue weighted by Crippen LogP contribution is -2.42. The average Bonchev–Trinajstić information content (AvgIpc) is 3.16. The molecule has 2 heterocycles. The van der Waals surface area contributed by atoms with Gasteiger partial charge in [-0.3, -0.25) is 4.79 Å². The standard InChI is InChI=1S/C23H27N3O4S2/c1-4-26-21-19(30-3)8-5-9-20(21)31-23(26)24-22(27)17-7-6-14-25(15-17)32(28,29)18-12-10-16(2)11-13-18/h5,8-13,17H,4,6-7,14-15H2,1-3H3. The van der Waals surface area contributed by atoms with Crippen LogP contribution in [0.1, 0.15) is 25.3 Å². The maximum Gasteiger partial charge on any atom is 0.252 e. The molecule has 1 aliphatic heterocycles. The number of methoxy groups -OCH3 is 1. The third kappa shape index (κ3) is 4.24. The fourth-order valence-electron chi connectivity index (χ4n) is 4.05. The van der Waals surface area contributed by atoms with Gasteiger partial charge in [0.1, 0.15) is 11.3 Å². The zero-order chi connectivity index (χ0) is 22.9. The van der Waals surface area contributed by atoms with Gasteiger partial charge >= 0.3 is 0 Å². The van der Waals surface area contributed by atoms with E-state index in [4.69, 9.17) is 4.74 Å². The first-order valence-corrected chi connectivity index (χ1v) is 12.9. The molecule has 1 unspecified atom stereocenters. The number of amides is 1. The second-order valence-electron chi connectivity index (χ2n) is 7.90. The molecule has 0 N–H and O–H groups in total. The van der Waals surface area contributed by atoms with Gasteiger partial charge in [-0.1, -0.05) is 35.1 Å². The van der Waals surface area contributed by atoms with Crippen LogP contribution in [-0.4, -0.2) is 43.4 Å². The SMILES string of the molecule is CCn1c(=NC(=O)C2CCCN(S(=O)(=O)c3ccc(C)cc3)C2)sc2cccc(OC)c21. The highest BCUT2D eigenvalue weighted by atomic mass is 32.2. The summed E-state index contributed by atoms with van der Waals surface area (Å²) in [6.07, 6.45) is 1.26. The number of carbonyl (C=O) groups is 1. The van der Waals surface area contributed by atoms with Crippen molar-refractivity contribution in [1.29, 1.82) is 0 Å². The van der Waals surface area contributed by atoms with Crippen LogP contribution < -0.4 is 9.54 Å². The van der Waals surface area contributed by atoms with Gasteiger partial charge in [0.25, 0.3) is 5.91 Å². The lowest BCUT2D eigenvalue weighted by Gasteiger charge is -2.30. The molecule has 0 saturated carbocycles. The normalized spacial score (nSPS) is 18.2. The van der Waals surface area contributed by atoms with Crippen LogP contribution in [0.4, 0.5) is 0 Å². The highest BCUT2D eigenvalue weighted by molar-refractivity contribution is 7.89. The van der Waals surface area contributed by atoms with E-state index in [9.17, 15) is 13.2 Å². The summed E-state index contributed by atoms with van der Waals surface area (Å²) in [6.45, 7) is 5.12. The molecule has 9 heteroatoms. The molecule has 1 fully saturated rings. The van der Waals surface area contributed by atoms with Crippen molar-refractivity contribution in [1.82, 2.24) is 8.87 Å². The lowest BCUT2D eigenvalue weighted by molar-refractivity contribution is -0.122. The van der Waals surface area contributed by atoms with E-state index in [1.165, 1.54) is 15.6 Å². The molecule has 0 bridgehead atoms. The molecule has 3 aromatic rings. The minimum Gasteiger partial charge on any atom is -0.495 e. The zero-order valence-electron chi connectivity index (χ0n) is 18.4. The van der Waals surface area contributed by atoms with Crippen LogP contribution in [0.15, 0.2) is 52.4 Å². The minimum atomic E-state index is -3.64. The largest absolute Gasteiger partial charge is 0.495 e. The van der Waals surface area contributed by atoms with Gasteiger partial charge in [-0.2, -0.15) is 9.30 Å². The third-order valence-corrected chi connectivity index (χ3v) is 8.72. The monoisotopic (exact) mass is 473 g/mol. The number of thiazole rings is 1. The van der Waals surface area contributed by atoms with E-state index >= 15 is 0 Å². The molecule has 2 aromatic carbocycles. The van der Waals surface area contributed by atoms with Gasteiger partial charge in [0.15, 0.2) is 4.80 Å². The van der Waals surface area contributed by atoms with E-state index in [0.717, 1.165) is 21.5 Å². The smallest absolute Gasteiger partial charge is 0.252 e. The summed E-state index contributed by atoms with van der Waals surface area (Å²) < 4.78 is 36.0. The molecule has 7 nitrogen and oxygen atoms in total. The van der Waals surface area contributed by atoms with Crippen molar-refractivity contribution < 1.29 is 17.9 Å². The number of piperidine rings is 1. The van der Waals surface area contributed by atoms with E-state index in [0.29, 0.717) is 30.7 Å². The number of aromatic nitrogens is 1. The maximum absolute atomic E-state index is 13.1. The Balaban J connectivity index is 1.63. The summed E-state index contributed by atoms with van der Waals surface area (Å²) >= 11 is 1.44. The first-order chi connectivity index (χ1) is 15.3. The Hall–Kier alpha value is -2.49. The summed E-state index contributed by atoms with van der Waals surface area (Å²) in [5.74, 6) is 0.00504. The van der Waals surface area contributed by atoms with Gasteiger partial charge in [0.05, 0.1) is 22.6 Å². The van der Waals surface area contributed by atoms with Crippen LogP contribution >= 0.6 is 11.3 Å². The summed E-state index contributed by atoms with van der Waals surface area (Å²) in [6, 6.07) is 12.6. The molecule has 0 spiro atoms. The number of benzene rings is 2. The topological polar surface area (TPSA) is 81.0 Å². The zero-order valence-corrected chi connectivity index (χ0v) is 20.1. The highest BCUT2D eigenvalue weighted by Crippen LogP contribution is 2.28. The molecule has 1 atom stereocenters. The van der Waals surface area contributed by atoms with Crippen LogP contribution in [0.5, 0.6) is 5.75 Å². The quantitative estimate of drug-likeness (QED) is 0.567. The Labute approximate surface area is 192 Å². The summed E-state index contributed by atoms with van der Waals surface area (Å²) in [7, 11) is -2.02. The van der Waals surface area contributed by atoms with E-state index in [-0.39, 0.29) is 17.3 Å². The van der Waals surface area contributed by atoms with Crippen molar-refractivity contribution in [2.24, 2.45) is 10.9 Å². The van der Waals surface area contributed by atoms with Crippen molar-refractivity contribution in [3.8, 4) is 5.75 Å². The van der Waals surface area contributed by atoms with E-state index in [1.54, 1.807) is 31.4 Å². The van der Waals surface area contributed by atoms with E-state index in [2.05, 4.69) is 4.99 Å². The van der Waals surface area contributed by atoms with Gasteiger partial charge in [-0.15, -0.1) is 0 Å². The number of rotatable bonds is 5. The van der Waals surface area contributed by atoms with Gasteiger partial charge in [0, 0.05) is 19.6 Å². The van der Waals surface area contributed by atoms with Crippen molar-refractivity contribution in [3.05, 3.63) is 52.8 Å². The second kappa shape index (κ2) is 9.17. The molecular formula is C23H27N3O4S2. The Bertz CT molecular complexity index is 1310.